The molecular weight excluding hydrogens is 345 g/mol. The van der Waals surface area contributed by atoms with E-state index in [9.17, 15) is 17.6 Å². The van der Waals surface area contributed by atoms with Gasteiger partial charge in [0.15, 0.2) is 0 Å². The summed E-state index contributed by atoms with van der Waals surface area (Å²) < 4.78 is 38.5. The molecule has 134 valence electrons. The lowest BCUT2D eigenvalue weighted by Crippen LogP contribution is -2.28. The van der Waals surface area contributed by atoms with Crippen molar-refractivity contribution in [3.63, 3.8) is 0 Å². The maximum atomic E-state index is 12.8. The zero-order valence-electron chi connectivity index (χ0n) is 14.0. The van der Waals surface area contributed by atoms with Gasteiger partial charge in [-0.15, -0.1) is 0 Å². The van der Waals surface area contributed by atoms with Crippen LogP contribution in [-0.4, -0.2) is 20.2 Å². The second-order valence-corrected chi connectivity index (χ2v) is 7.48. The Labute approximate surface area is 146 Å². The van der Waals surface area contributed by atoms with Gasteiger partial charge in [0, 0.05) is 12.2 Å². The molecule has 0 aliphatic heterocycles. The van der Waals surface area contributed by atoms with Crippen molar-refractivity contribution in [1.82, 2.24) is 5.32 Å². The number of halogens is 1. The highest BCUT2D eigenvalue weighted by molar-refractivity contribution is 7.92. The van der Waals surface area contributed by atoms with Crippen molar-refractivity contribution in [3.8, 4) is 0 Å². The maximum absolute atomic E-state index is 12.8. The molecule has 3 N–H and O–H groups in total. The van der Waals surface area contributed by atoms with Crippen molar-refractivity contribution in [3.05, 3.63) is 59.4 Å². The zero-order chi connectivity index (χ0) is 18.4. The van der Waals surface area contributed by atoms with Crippen LogP contribution in [0.5, 0.6) is 0 Å². The van der Waals surface area contributed by atoms with Crippen LogP contribution in [0.4, 0.5) is 20.6 Å². The Bertz CT molecular complexity index is 852. The Kier molecular flexibility index (Phi) is 5.97. The second kappa shape index (κ2) is 7.98. The van der Waals surface area contributed by atoms with Crippen molar-refractivity contribution in [2.75, 3.05) is 15.8 Å². The van der Waals surface area contributed by atoms with Gasteiger partial charge in [-0.05, 0) is 55.3 Å². The summed E-state index contributed by atoms with van der Waals surface area (Å²) in [4.78, 5) is 11.9. The Morgan fingerprint density at radius 1 is 1.12 bits per heavy atom. The summed E-state index contributed by atoms with van der Waals surface area (Å²) in [5, 5.41) is 5.33. The summed E-state index contributed by atoms with van der Waals surface area (Å²) in [7, 11) is -3.35. The predicted octanol–water partition coefficient (Wildman–Crippen LogP) is 3.22. The lowest BCUT2D eigenvalue weighted by atomic mass is 10.2. The fraction of sp³-hybridized carbons (Fsp3) is 0.235. The molecule has 0 aliphatic carbocycles. The van der Waals surface area contributed by atoms with E-state index in [0.717, 1.165) is 5.56 Å². The molecule has 0 saturated carbocycles. The minimum absolute atomic E-state index is 0.0156. The van der Waals surface area contributed by atoms with E-state index in [-0.39, 0.29) is 18.1 Å². The smallest absolute Gasteiger partial charge is 0.319 e. The Hall–Kier alpha value is -2.61. The van der Waals surface area contributed by atoms with Gasteiger partial charge in [0.2, 0.25) is 10.0 Å². The number of sulfonamides is 1. The third-order valence-corrected chi connectivity index (χ3v) is 4.79. The maximum Gasteiger partial charge on any atom is 0.319 e. The molecule has 0 saturated heterocycles. The van der Waals surface area contributed by atoms with Crippen LogP contribution in [0.3, 0.4) is 0 Å². The molecule has 6 nitrogen and oxygen atoms in total. The molecule has 25 heavy (non-hydrogen) atoms. The Morgan fingerprint density at radius 2 is 1.80 bits per heavy atom. The average molecular weight is 365 g/mol. The molecule has 0 aromatic heterocycles. The van der Waals surface area contributed by atoms with Gasteiger partial charge >= 0.3 is 6.03 Å². The summed E-state index contributed by atoms with van der Waals surface area (Å²) in [6.07, 6.45) is 0. The lowest BCUT2D eigenvalue weighted by molar-refractivity contribution is 0.251. The molecule has 2 rings (SSSR count). The predicted molar refractivity (Wildman–Crippen MR) is 96.5 cm³/mol. The summed E-state index contributed by atoms with van der Waals surface area (Å²) >= 11 is 0. The number of hydrogen-bond donors (Lipinski definition) is 3. The van der Waals surface area contributed by atoms with Crippen LogP contribution in [0.2, 0.25) is 0 Å². The first-order chi connectivity index (χ1) is 11.8. The number of amides is 2. The number of urea groups is 1. The van der Waals surface area contributed by atoms with Crippen molar-refractivity contribution in [1.29, 1.82) is 0 Å². The van der Waals surface area contributed by atoms with Crippen molar-refractivity contribution in [2.45, 2.75) is 20.4 Å². The van der Waals surface area contributed by atoms with Gasteiger partial charge in [-0.1, -0.05) is 12.1 Å². The fourth-order valence-electron chi connectivity index (χ4n) is 2.06. The molecule has 0 spiro atoms. The van der Waals surface area contributed by atoms with Crippen LogP contribution in [0.15, 0.2) is 42.5 Å². The van der Waals surface area contributed by atoms with E-state index in [1.54, 1.807) is 44.2 Å². The fourth-order valence-corrected chi connectivity index (χ4v) is 2.76. The number of carbonyl (C=O) groups excluding carboxylic acids is 1. The van der Waals surface area contributed by atoms with E-state index in [1.807, 2.05) is 0 Å². The molecule has 8 heteroatoms. The molecule has 0 atom stereocenters. The molecule has 2 amide bonds. The van der Waals surface area contributed by atoms with Crippen LogP contribution in [-0.2, 0) is 16.6 Å². The highest BCUT2D eigenvalue weighted by Gasteiger charge is 2.10. The molecule has 0 radical (unpaired) electrons. The summed E-state index contributed by atoms with van der Waals surface area (Å²) in [5.41, 5.74) is 2.47. The van der Waals surface area contributed by atoms with Gasteiger partial charge in [-0.2, -0.15) is 0 Å². The van der Waals surface area contributed by atoms with Gasteiger partial charge in [0.25, 0.3) is 0 Å². The molecular formula is C17H20FN3O3S. The topological polar surface area (TPSA) is 87.3 Å². The highest BCUT2D eigenvalue weighted by atomic mass is 32.2. The molecule has 2 aromatic carbocycles. The van der Waals surface area contributed by atoms with Crippen LogP contribution in [0, 0.1) is 12.7 Å². The first-order valence-electron chi connectivity index (χ1n) is 7.69. The Morgan fingerprint density at radius 3 is 2.40 bits per heavy atom. The molecule has 0 unspecified atom stereocenters. The first kappa shape index (κ1) is 18.7. The van der Waals surface area contributed by atoms with Crippen LogP contribution < -0.4 is 15.4 Å². The molecule has 0 fully saturated rings. The third-order valence-electron chi connectivity index (χ3n) is 3.50. The monoisotopic (exact) mass is 365 g/mol. The largest absolute Gasteiger partial charge is 0.334 e. The number of hydrogen-bond acceptors (Lipinski definition) is 3. The quantitative estimate of drug-likeness (QED) is 0.734. The van der Waals surface area contributed by atoms with Crippen molar-refractivity contribution < 1.29 is 17.6 Å². The summed E-state index contributed by atoms with van der Waals surface area (Å²) in [5.74, 6) is -0.347. The van der Waals surface area contributed by atoms with Crippen LogP contribution in [0.1, 0.15) is 18.1 Å². The van der Waals surface area contributed by atoms with E-state index in [4.69, 9.17) is 0 Å². The van der Waals surface area contributed by atoms with E-state index in [0.29, 0.717) is 16.9 Å². The van der Waals surface area contributed by atoms with Crippen molar-refractivity contribution in [2.24, 2.45) is 0 Å². The van der Waals surface area contributed by atoms with E-state index >= 15 is 0 Å². The zero-order valence-corrected chi connectivity index (χ0v) is 14.8. The number of benzene rings is 2. The minimum Gasteiger partial charge on any atom is -0.334 e. The summed E-state index contributed by atoms with van der Waals surface area (Å²) in [6.45, 7) is 3.56. The number of anilines is 2. The molecule has 2 aromatic rings. The van der Waals surface area contributed by atoms with Crippen LogP contribution >= 0.6 is 0 Å². The first-order valence-corrected chi connectivity index (χ1v) is 9.35. The minimum atomic E-state index is -3.35. The second-order valence-electron chi connectivity index (χ2n) is 5.47. The van der Waals surface area contributed by atoms with Gasteiger partial charge in [0.1, 0.15) is 5.82 Å². The highest BCUT2D eigenvalue weighted by Crippen LogP contribution is 2.20. The Balaban J connectivity index is 1.94. The average Bonchev–Trinajstić information content (AvgIpc) is 2.57. The molecule has 0 aliphatic rings. The van der Waals surface area contributed by atoms with E-state index in [1.165, 1.54) is 12.1 Å². The van der Waals surface area contributed by atoms with Gasteiger partial charge in [0.05, 0.1) is 11.4 Å². The van der Waals surface area contributed by atoms with E-state index < -0.39 is 16.1 Å². The molecule has 0 heterocycles. The number of nitrogens with one attached hydrogen (secondary N) is 3. The van der Waals surface area contributed by atoms with Gasteiger partial charge < -0.3 is 10.6 Å². The van der Waals surface area contributed by atoms with E-state index in [2.05, 4.69) is 15.4 Å². The van der Waals surface area contributed by atoms with Crippen molar-refractivity contribution >= 4 is 27.4 Å². The summed E-state index contributed by atoms with van der Waals surface area (Å²) in [6, 6.07) is 10.3. The molecule has 0 bridgehead atoms. The van der Waals surface area contributed by atoms with Crippen LogP contribution in [0.25, 0.3) is 0 Å². The van der Waals surface area contributed by atoms with Gasteiger partial charge in [-0.25, -0.2) is 17.6 Å². The number of carbonyl (C=O) groups is 1. The normalized spacial score (nSPS) is 11.0. The number of aryl methyl sites for hydroxylation is 1. The number of rotatable bonds is 6. The van der Waals surface area contributed by atoms with Gasteiger partial charge in [-0.3, -0.25) is 4.72 Å². The SMILES string of the molecule is CCS(=O)(=O)Nc1ccc(NC(=O)NCc2ccc(F)cc2)cc1C. The standard InChI is InChI=1S/C17H20FN3O3S/c1-3-25(23,24)21-16-9-8-15(10-12(16)2)20-17(22)19-11-13-4-6-14(18)7-5-13/h4-10,21H,3,11H2,1-2H3,(H2,19,20,22). The lowest BCUT2D eigenvalue weighted by Gasteiger charge is -2.12. The third kappa shape index (κ3) is 5.75.